The zero-order valence-corrected chi connectivity index (χ0v) is 14.7. The van der Waals surface area contributed by atoms with Gasteiger partial charge in [0.05, 0.1) is 31.9 Å². The first-order chi connectivity index (χ1) is 12.4. The Morgan fingerprint density at radius 3 is 2.58 bits per heavy atom. The van der Waals surface area contributed by atoms with Crippen LogP contribution in [0.2, 0.25) is 0 Å². The number of ether oxygens (including phenoxy) is 1. The van der Waals surface area contributed by atoms with Gasteiger partial charge in [-0.05, 0) is 24.6 Å². The van der Waals surface area contributed by atoms with Gasteiger partial charge in [0, 0.05) is 26.2 Å². The number of alkyl halides is 3. The van der Waals surface area contributed by atoms with Crippen LogP contribution in [0.15, 0.2) is 23.2 Å². The smallest absolute Gasteiger partial charge is 0.378 e. The zero-order valence-electron chi connectivity index (χ0n) is 14.7. The molecule has 0 amide bonds. The van der Waals surface area contributed by atoms with E-state index in [-0.39, 0.29) is 24.9 Å². The van der Waals surface area contributed by atoms with E-state index in [0.717, 1.165) is 0 Å². The number of hydrogen-bond donors (Lipinski definition) is 2. The second-order valence-corrected chi connectivity index (χ2v) is 5.87. The highest BCUT2D eigenvalue weighted by atomic mass is 19.4. The maximum absolute atomic E-state index is 14.4. The van der Waals surface area contributed by atoms with Crippen molar-refractivity contribution in [2.24, 2.45) is 4.99 Å². The van der Waals surface area contributed by atoms with E-state index in [1.807, 2.05) is 11.8 Å². The minimum Gasteiger partial charge on any atom is -0.378 e. The molecule has 0 aliphatic carbocycles. The van der Waals surface area contributed by atoms with Gasteiger partial charge in [0.2, 0.25) is 0 Å². The summed E-state index contributed by atoms with van der Waals surface area (Å²) in [6, 6.07) is 4.89. The van der Waals surface area contributed by atoms with Crippen molar-refractivity contribution in [2.75, 3.05) is 44.3 Å². The summed E-state index contributed by atoms with van der Waals surface area (Å²) in [5, 5.41) is 5.50. The molecule has 1 aromatic rings. The molecule has 5 nitrogen and oxygen atoms in total. The Kier molecular flexibility index (Phi) is 7.50. The summed E-state index contributed by atoms with van der Waals surface area (Å²) < 4.78 is 56.3. The molecule has 2 rings (SSSR count). The van der Waals surface area contributed by atoms with E-state index in [9.17, 15) is 17.6 Å². The van der Waals surface area contributed by atoms with E-state index in [1.165, 1.54) is 6.07 Å². The fourth-order valence-corrected chi connectivity index (χ4v) is 2.54. The van der Waals surface area contributed by atoms with Gasteiger partial charge in [-0.1, -0.05) is 6.07 Å². The number of aliphatic imine (C=N–C) groups is 1. The van der Waals surface area contributed by atoms with Gasteiger partial charge in [0.25, 0.3) is 0 Å². The van der Waals surface area contributed by atoms with Crippen LogP contribution in [0.25, 0.3) is 0 Å². The maximum Gasteiger partial charge on any atom is 0.390 e. The molecule has 146 valence electrons. The summed E-state index contributed by atoms with van der Waals surface area (Å²) >= 11 is 0. The predicted molar refractivity (Wildman–Crippen MR) is 92.9 cm³/mol. The van der Waals surface area contributed by atoms with Gasteiger partial charge >= 0.3 is 6.18 Å². The van der Waals surface area contributed by atoms with Crippen LogP contribution in [-0.4, -0.2) is 51.5 Å². The number of anilines is 1. The van der Waals surface area contributed by atoms with Gasteiger partial charge in [-0.2, -0.15) is 13.2 Å². The lowest BCUT2D eigenvalue weighted by atomic mass is 10.1. The lowest BCUT2D eigenvalue weighted by molar-refractivity contribution is -0.132. The Hall–Kier alpha value is -2.03. The minimum atomic E-state index is -4.22. The molecule has 1 aliphatic rings. The van der Waals surface area contributed by atoms with Crippen LogP contribution in [0.1, 0.15) is 18.9 Å². The highest BCUT2D eigenvalue weighted by molar-refractivity contribution is 5.79. The first-order valence-corrected chi connectivity index (χ1v) is 8.59. The van der Waals surface area contributed by atoms with Crippen molar-refractivity contribution in [3.05, 3.63) is 29.6 Å². The van der Waals surface area contributed by atoms with E-state index in [4.69, 9.17) is 4.74 Å². The van der Waals surface area contributed by atoms with Crippen LogP contribution in [-0.2, 0) is 11.3 Å². The summed E-state index contributed by atoms with van der Waals surface area (Å²) in [5.74, 6) is -0.0657. The lowest BCUT2D eigenvalue weighted by Gasteiger charge is -2.29. The highest BCUT2D eigenvalue weighted by Gasteiger charge is 2.26. The standard InChI is InChI=1S/C17H24F4N4O/c1-2-22-16(23-6-5-17(19,20)21)24-12-13-3-4-15(14(18)11-13)25-7-9-26-10-8-25/h3-4,11H,2,5-10,12H2,1H3,(H2,22,23,24). The fourth-order valence-electron chi connectivity index (χ4n) is 2.54. The van der Waals surface area contributed by atoms with Gasteiger partial charge < -0.3 is 20.3 Å². The monoisotopic (exact) mass is 376 g/mol. The molecule has 0 unspecified atom stereocenters. The number of rotatable bonds is 6. The molecule has 2 N–H and O–H groups in total. The Morgan fingerprint density at radius 2 is 1.96 bits per heavy atom. The van der Waals surface area contributed by atoms with Crippen LogP contribution >= 0.6 is 0 Å². The molecule has 0 spiro atoms. The van der Waals surface area contributed by atoms with Crippen LogP contribution in [0.5, 0.6) is 0 Å². The topological polar surface area (TPSA) is 48.9 Å². The van der Waals surface area contributed by atoms with Crippen LogP contribution in [0.3, 0.4) is 0 Å². The van der Waals surface area contributed by atoms with Gasteiger partial charge in [0.15, 0.2) is 5.96 Å². The van der Waals surface area contributed by atoms with Gasteiger partial charge in [-0.3, -0.25) is 0 Å². The number of nitrogens with one attached hydrogen (secondary N) is 2. The lowest BCUT2D eigenvalue weighted by Crippen LogP contribution is -2.38. The zero-order chi connectivity index (χ0) is 19.0. The Bertz CT molecular complexity index is 601. The van der Waals surface area contributed by atoms with Crippen molar-refractivity contribution in [2.45, 2.75) is 26.1 Å². The number of guanidine groups is 1. The third-order valence-corrected chi connectivity index (χ3v) is 3.83. The summed E-state index contributed by atoms with van der Waals surface area (Å²) in [5.41, 5.74) is 1.17. The molecule has 0 saturated carbocycles. The Balaban J connectivity index is 1.96. The summed E-state index contributed by atoms with van der Waals surface area (Å²) in [6.45, 7) is 4.66. The maximum atomic E-state index is 14.4. The van der Waals surface area contributed by atoms with Crippen molar-refractivity contribution in [1.82, 2.24) is 10.6 Å². The predicted octanol–water partition coefficient (Wildman–Crippen LogP) is 2.67. The van der Waals surface area contributed by atoms with E-state index < -0.39 is 12.6 Å². The molecular weight excluding hydrogens is 352 g/mol. The number of hydrogen-bond acceptors (Lipinski definition) is 3. The largest absolute Gasteiger partial charge is 0.390 e. The average molecular weight is 376 g/mol. The van der Waals surface area contributed by atoms with Crippen molar-refractivity contribution in [3.8, 4) is 0 Å². The molecule has 0 aromatic heterocycles. The molecule has 26 heavy (non-hydrogen) atoms. The first kappa shape index (κ1) is 20.3. The third kappa shape index (κ3) is 6.70. The summed E-state index contributed by atoms with van der Waals surface area (Å²) in [4.78, 5) is 6.14. The second kappa shape index (κ2) is 9.61. The molecule has 1 saturated heterocycles. The van der Waals surface area contributed by atoms with Gasteiger partial charge in [0.1, 0.15) is 5.82 Å². The molecule has 1 fully saturated rings. The molecule has 0 atom stereocenters. The average Bonchev–Trinajstić information content (AvgIpc) is 2.59. The number of benzene rings is 1. The molecule has 0 bridgehead atoms. The van der Waals surface area contributed by atoms with Crippen molar-refractivity contribution in [3.63, 3.8) is 0 Å². The number of morpholine rings is 1. The van der Waals surface area contributed by atoms with E-state index in [1.54, 1.807) is 12.1 Å². The molecule has 1 aromatic carbocycles. The van der Waals surface area contributed by atoms with E-state index in [2.05, 4.69) is 15.6 Å². The van der Waals surface area contributed by atoms with Crippen molar-refractivity contribution in [1.29, 1.82) is 0 Å². The first-order valence-electron chi connectivity index (χ1n) is 8.59. The fraction of sp³-hybridized carbons (Fsp3) is 0.588. The molecule has 0 radical (unpaired) electrons. The van der Waals surface area contributed by atoms with Gasteiger partial charge in [-0.15, -0.1) is 0 Å². The molecular formula is C17H24F4N4O. The SMILES string of the molecule is CCNC(=NCc1ccc(N2CCOCC2)c(F)c1)NCCC(F)(F)F. The van der Waals surface area contributed by atoms with Crippen LogP contribution in [0.4, 0.5) is 23.2 Å². The van der Waals surface area contributed by atoms with Crippen LogP contribution < -0.4 is 15.5 Å². The second-order valence-electron chi connectivity index (χ2n) is 5.87. The van der Waals surface area contributed by atoms with Crippen LogP contribution in [0, 0.1) is 5.82 Å². The van der Waals surface area contributed by atoms with Crippen molar-refractivity contribution >= 4 is 11.6 Å². The van der Waals surface area contributed by atoms with Crippen molar-refractivity contribution < 1.29 is 22.3 Å². The number of halogens is 4. The van der Waals surface area contributed by atoms with E-state index >= 15 is 0 Å². The Labute approximate surface area is 150 Å². The Morgan fingerprint density at radius 1 is 1.23 bits per heavy atom. The molecule has 1 aliphatic heterocycles. The minimum absolute atomic E-state index is 0.168. The third-order valence-electron chi connectivity index (χ3n) is 3.83. The normalized spacial score (nSPS) is 15.9. The van der Waals surface area contributed by atoms with Gasteiger partial charge in [-0.25, -0.2) is 9.38 Å². The molecule has 9 heteroatoms. The highest BCUT2D eigenvalue weighted by Crippen LogP contribution is 2.22. The quantitative estimate of drug-likeness (QED) is 0.455. The summed E-state index contributed by atoms with van der Waals surface area (Å²) in [7, 11) is 0. The molecule has 1 heterocycles. The van der Waals surface area contributed by atoms with E-state index in [0.29, 0.717) is 44.1 Å². The number of nitrogens with zero attached hydrogens (tertiary/aromatic N) is 2. The summed E-state index contributed by atoms with van der Waals surface area (Å²) in [6.07, 6.45) is -5.16.